The van der Waals surface area contributed by atoms with E-state index in [0.29, 0.717) is 19.7 Å². The summed E-state index contributed by atoms with van der Waals surface area (Å²) in [5.74, 6) is 1.77. The van der Waals surface area contributed by atoms with Gasteiger partial charge < -0.3 is 20.3 Å². The number of hydrogen-bond acceptors (Lipinski definition) is 3. The number of amides is 1. The van der Waals surface area contributed by atoms with Crippen molar-refractivity contribution in [3.05, 3.63) is 29.8 Å². The molecule has 0 aliphatic carbocycles. The largest absolute Gasteiger partial charge is 0.494 e. The number of carbonyl (C=O) groups is 1. The Balaban J connectivity index is 0.00000625. The smallest absolute Gasteiger partial charge is 0.222 e. The molecule has 0 saturated carbocycles. The summed E-state index contributed by atoms with van der Waals surface area (Å²) in [6.07, 6.45) is 0. The van der Waals surface area contributed by atoms with Crippen molar-refractivity contribution in [1.29, 1.82) is 0 Å². The Morgan fingerprint density at radius 2 is 1.85 bits per heavy atom. The van der Waals surface area contributed by atoms with Crippen molar-refractivity contribution in [2.75, 3.05) is 33.3 Å². The van der Waals surface area contributed by atoms with Crippen molar-refractivity contribution >= 4 is 35.8 Å². The second-order valence-corrected chi connectivity index (χ2v) is 6.11. The zero-order valence-electron chi connectivity index (χ0n) is 16.5. The molecule has 0 heterocycles. The first-order valence-electron chi connectivity index (χ1n) is 8.96. The number of nitrogens with zero attached hydrogens (tertiary/aromatic N) is 2. The van der Waals surface area contributed by atoms with E-state index in [2.05, 4.69) is 32.7 Å². The van der Waals surface area contributed by atoms with Crippen molar-refractivity contribution in [3.8, 4) is 5.75 Å². The van der Waals surface area contributed by atoms with Crippen LogP contribution in [0.2, 0.25) is 0 Å². The zero-order chi connectivity index (χ0) is 18.7. The molecule has 1 rings (SSSR count). The van der Waals surface area contributed by atoms with E-state index < -0.39 is 0 Å². The summed E-state index contributed by atoms with van der Waals surface area (Å²) in [4.78, 5) is 18.2. The van der Waals surface area contributed by atoms with E-state index in [4.69, 9.17) is 4.74 Å². The molecular formula is C19H33IN4O2. The number of nitrogens with one attached hydrogen (secondary N) is 2. The number of rotatable bonds is 9. The van der Waals surface area contributed by atoms with Gasteiger partial charge >= 0.3 is 0 Å². The predicted octanol–water partition coefficient (Wildman–Crippen LogP) is 2.87. The van der Waals surface area contributed by atoms with Gasteiger partial charge in [-0.1, -0.05) is 26.0 Å². The standard InChI is InChI=1S/C19H32N4O2.HI/c1-6-20-19(22-13-12-21-18(24)15(3)4)23(5)14-16-8-10-17(11-9-16)25-7-2;/h8-11,15H,6-7,12-14H2,1-5H3,(H,20,22)(H,21,24);1H. The first-order valence-corrected chi connectivity index (χ1v) is 8.96. The van der Waals surface area contributed by atoms with Crippen LogP contribution in [0.4, 0.5) is 0 Å². The third kappa shape index (κ3) is 9.26. The number of benzene rings is 1. The molecule has 0 unspecified atom stereocenters. The maximum Gasteiger partial charge on any atom is 0.222 e. The Kier molecular flexibility index (Phi) is 12.9. The highest BCUT2D eigenvalue weighted by Gasteiger charge is 2.08. The molecule has 0 fully saturated rings. The van der Waals surface area contributed by atoms with Crippen LogP contribution in [0.3, 0.4) is 0 Å². The molecule has 1 aromatic rings. The van der Waals surface area contributed by atoms with Crippen LogP contribution in [-0.2, 0) is 11.3 Å². The molecule has 0 saturated heterocycles. The Morgan fingerprint density at radius 3 is 2.38 bits per heavy atom. The van der Waals surface area contributed by atoms with Crippen LogP contribution in [0.25, 0.3) is 0 Å². The predicted molar refractivity (Wildman–Crippen MR) is 118 cm³/mol. The SMILES string of the molecule is CCNC(=NCCNC(=O)C(C)C)N(C)Cc1ccc(OCC)cc1.I. The lowest BCUT2D eigenvalue weighted by molar-refractivity contribution is -0.123. The van der Waals surface area contributed by atoms with Gasteiger partial charge in [-0.2, -0.15) is 0 Å². The number of aliphatic imine (C=N–C) groups is 1. The highest BCUT2D eigenvalue weighted by atomic mass is 127. The first-order chi connectivity index (χ1) is 12.0. The summed E-state index contributed by atoms with van der Waals surface area (Å²) in [5.41, 5.74) is 1.18. The monoisotopic (exact) mass is 476 g/mol. The van der Waals surface area contributed by atoms with Crippen LogP contribution in [-0.4, -0.2) is 50.1 Å². The van der Waals surface area contributed by atoms with Gasteiger partial charge in [-0.25, -0.2) is 0 Å². The minimum absolute atomic E-state index is 0. The van der Waals surface area contributed by atoms with Gasteiger partial charge in [0.1, 0.15) is 5.75 Å². The minimum atomic E-state index is -0.000417. The average Bonchev–Trinajstić information content (AvgIpc) is 2.59. The van der Waals surface area contributed by atoms with Gasteiger partial charge in [0.25, 0.3) is 0 Å². The van der Waals surface area contributed by atoms with Gasteiger partial charge in [0.15, 0.2) is 5.96 Å². The van der Waals surface area contributed by atoms with Crippen LogP contribution >= 0.6 is 24.0 Å². The average molecular weight is 476 g/mol. The quantitative estimate of drug-likeness (QED) is 0.249. The second kappa shape index (κ2) is 13.7. The summed E-state index contributed by atoms with van der Waals surface area (Å²) in [6.45, 7) is 11.1. The number of halogens is 1. The topological polar surface area (TPSA) is 66.0 Å². The summed E-state index contributed by atoms with van der Waals surface area (Å²) >= 11 is 0. The minimum Gasteiger partial charge on any atom is -0.494 e. The lowest BCUT2D eigenvalue weighted by Crippen LogP contribution is -2.39. The van der Waals surface area contributed by atoms with Crippen LogP contribution in [0.1, 0.15) is 33.3 Å². The maximum atomic E-state index is 11.6. The number of hydrogen-bond donors (Lipinski definition) is 2. The van der Waals surface area contributed by atoms with Crippen molar-refractivity contribution in [1.82, 2.24) is 15.5 Å². The molecule has 26 heavy (non-hydrogen) atoms. The van der Waals surface area contributed by atoms with E-state index in [1.165, 1.54) is 5.56 Å². The van der Waals surface area contributed by atoms with E-state index in [-0.39, 0.29) is 35.8 Å². The highest BCUT2D eigenvalue weighted by Crippen LogP contribution is 2.13. The van der Waals surface area contributed by atoms with Crippen LogP contribution in [0.15, 0.2) is 29.3 Å². The highest BCUT2D eigenvalue weighted by molar-refractivity contribution is 14.0. The Morgan fingerprint density at radius 1 is 1.19 bits per heavy atom. The van der Waals surface area contributed by atoms with Gasteiger partial charge in [-0.15, -0.1) is 24.0 Å². The molecule has 1 amide bonds. The van der Waals surface area contributed by atoms with E-state index in [1.54, 1.807) is 0 Å². The molecule has 0 spiro atoms. The Hall–Kier alpha value is -1.51. The molecule has 2 N–H and O–H groups in total. The lowest BCUT2D eigenvalue weighted by Gasteiger charge is -2.22. The molecular weight excluding hydrogens is 443 g/mol. The normalized spacial score (nSPS) is 10.9. The van der Waals surface area contributed by atoms with Crippen LogP contribution in [0.5, 0.6) is 5.75 Å². The molecule has 0 bridgehead atoms. The Labute approximate surface area is 174 Å². The molecule has 0 aliphatic heterocycles. The number of carbonyl (C=O) groups excluding carboxylic acids is 1. The second-order valence-electron chi connectivity index (χ2n) is 6.11. The fourth-order valence-electron chi connectivity index (χ4n) is 2.22. The Bertz CT molecular complexity index is 547. The van der Waals surface area contributed by atoms with E-state index in [0.717, 1.165) is 24.8 Å². The number of guanidine groups is 1. The van der Waals surface area contributed by atoms with Crippen molar-refractivity contribution < 1.29 is 9.53 Å². The number of ether oxygens (including phenoxy) is 1. The fraction of sp³-hybridized carbons (Fsp3) is 0.579. The van der Waals surface area contributed by atoms with Gasteiger partial charge in [0, 0.05) is 32.6 Å². The van der Waals surface area contributed by atoms with Gasteiger partial charge in [-0.3, -0.25) is 9.79 Å². The van der Waals surface area contributed by atoms with E-state index in [1.807, 2.05) is 46.9 Å². The van der Waals surface area contributed by atoms with Crippen LogP contribution < -0.4 is 15.4 Å². The summed E-state index contributed by atoms with van der Waals surface area (Å²) in [6, 6.07) is 8.10. The molecule has 7 heteroatoms. The molecule has 0 atom stereocenters. The molecule has 0 aromatic heterocycles. The summed E-state index contributed by atoms with van der Waals surface area (Å²) < 4.78 is 5.47. The third-order valence-corrected chi connectivity index (χ3v) is 3.55. The van der Waals surface area contributed by atoms with E-state index >= 15 is 0 Å². The molecule has 1 aromatic carbocycles. The molecule has 0 radical (unpaired) electrons. The van der Waals surface area contributed by atoms with Crippen molar-refractivity contribution in [2.24, 2.45) is 10.9 Å². The zero-order valence-corrected chi connectivity index (χ0v) is 18.9. The molecule has 148 valence electrons. The van der Waals surface area contributed by atoms with Crippen molar-refractivity contribution in [2.45, 2.75) is 34.2 Å². The summed E-state index contributed by atoms with van der Waals surface area (Å²) in [5, 5.41) is 6.16. The molecule has 0 aliphatic rings. The van der Waals surface area contributed by atoms with Gasteiger partial charge in [-0.05, 0) is 31.5 Å². The van der Waals surface area contributed by atoms with E-state index in [9.17, 15) is 4.79 Å². The summed E-state index contributed by atoms with van der Waals surface area (Å²) in [7, 11) is 2.00. The third-order valence-electron chi connectivity index (χ3n) is 3.55. The van der Waals surface area contributed by atoms with Gasteiger partial charge in [0.05, 0.1) is 13.2 Å². The molecule has 6 nitrogen and oxygen atoms in total. The lowest BCUT2D eigenvalue weighted by atomic mass is 10.2. The van der Waals surface area contributed by atoms with Crippen molar-refractivity contribution in [3.63, 3.8) is 0 Å². The first kappa shape index (κ1) is 24.5. The maximum absolute atomic E-state index is 11.6. The van der Waals surface area contributed by atoms with Crippen LogP contribution in [0, 0.1) is 5.92 Å². The fourth-order valence-corrected chi connectivity index (χ4v) is 2.22. The van der Waals surface area contributed by atoms with Gasteiger partial charge in [0.2, 0.25) is 5.91 Å².